The van der Waals surface area contributed by atoms with Gasteiger partial charge in [0.25, 0.3) is 0 Å². The van der Waals surface area contributed by atoms with Gasteiger partial charge in [0, 0.05) is 7.11 Å². The molecule has 6 heteroatoms. The van der Waals surface area contributed by atoms with Crippen LogP contribution in [0.25, 0.3) is 0 Å². The van der Waals surface area contributed by atoms with Crippen molar-refractivity contribution in [3.63, 3.8) is 0 Å². The Kier molecular flexibility index (Phi) is 3.83. The molecule has 0 bridgehead atoms. The van der Waals surface area contributed by atoms with E-state index in [0.717, 1.165) is 0 Å². The third-order valence-corrected chi connectivity index (χ3v) is 3.99. The second kappa shape index (κ2) is 4.86. The van der Waals surface area contributed by atoms with Crippen LogP contribution in [0.3, 0.4) is 0 Å². The summed E-state index contributed by atoms with van der Waals surface area (Å²) in [6.07, 6.45) is -1.34. The van der Waals surface area contributed by atoms with Crippen LogP contribution in [0.1, 0.15) is 13.8 Å². The van der Waals surface area contributed by atoms with Gasteiger partial charge < -0.3 is 23.4 Å². The molecule has 0 N–H and O–H groups in total. The van der Waals surface area contributed by atoms with E-state index >= 15 is 0 Å². The zero-order valence-electron chi connectivity index (χ0n) is 12.6. The maximum Gasteiger partial charge on any atom is 0.228 e. The van der Waals surface area contributed by atoms with Crippen LogP contribution >= 0.6 is 0 Å². The van der Waals surface area contributed by atoms with Crippen LogP contribution in [0.5, 0.6) is 0 Å². The average molecular weight is 288 g/mol. The van der Waals surface area contributed by atoms with Gasteiger partial charge >= 0.3 is 0 Å². The third-order valence-electron chi connectivity index (χ3n) is 3.03. The second-order valence-corrected chi connectivity index (χ2v) is 10.9. The van der Waals surface area contributed by atoms with E-state index in [0.29, 0.717) is 5.76 Å². The van der Waals surface area contributed by atoms with Gasteiger partial charge in [0.05, 0.1) is 0 Å². The largest absolute Gasteiger partial charge is 0.464 e. The molecule has 2 aliphatic rings. The Balaban J connectivity index is 2.23. The zero-order valence-corrected chi connectivity index (χ0v) is 13.6. The van der Waals surface area contributed by atoms with Crippen LogP contribution in [0, 0.1) is 0 Å². The van der Waals surface area contributed by atoms with E-state index in [1.54, 1.807) is 7.11 Å². The number of hydrogen-bond acceptors (Lipinski definition) is 5. The summed E-state index contributed by atoms with van der Waals surface area (Å²) in [4.78, 5) is 0. The lowest BCUT2D eigenvalue weighted by atomic mass is 10.0. The molecule has 2 fully saturated rings. The molecule has 4 atom stereocenters. The Hall–Kier alpha value is -0.403. The Labute approximate surface area is 115 Å². The SMILES string of the molecule is C=C1O[C@H](OC)[C@H]2OC(C)(C)O[C@H]2[C@H]1O[Si](C)(C)C. The van der Waals surface area contributed by atoms with Gasteiger partial charge in [-0.15, -0.1) is 0 Å². The lowest BCUT2D eigenvalue weighted by molar-refractivity contribution is -0.211. The quantitative estimate of drug-likeness (QED) is 0.745. The minimum Gasteiger partial charge on any atom is -0.464 e. The van der Waals surface area contributed by atoms with Crippen LogP contribution in [0.2, 0.25) is 19.6 Å². The molecule has 0 aromatic carbocycles. The molecule has 0 radical (unpaired) electrons. The Morgan fingerprint density at radius 2 is 1.74 bits per heavy atom. The summed E-state index contributed by atoms with van der Waals surface area (Å²) in [5.74, 6) is -0.113. The summed E-state index contributed by atoms with van der Waals surface area (Å²) in [5.41, 5.74) is 0. The van der Waals surface area contributed by atoms with E-state index in [1.165, 1.54) is 0 Å². The molecule has 0 aromatic heterocycles. The van der Waals surface area contributed by atoms with Gasteiger partial charge in [-0.1, -0.05) is 6.58 Å². The van der Waals surface area contributed by atoms with E-state index < -0.39 is 20.4 Å². The highest BCUT2D eigenvalue weighted by Crippen LogP contribution is 2.40. The number of methoxy groups -OCH3 is 1. The van der Waals surface area contributed by atoms with Crippen molar-refractivity contribution in [2.24, 2.45) is 0 Å². The topological polar surface area (TPSA) is 46.2 Å². The standard InChI is InChI=1S/C13H24O5Si/c1-8-9(18-19(5,6)7)10-11(12(14-4)15-8)17-13(2,3)16-10/h9-12H,1H2,2-7H3/t9-,10-,11-,12-/m0/s1. The molecule has 110 valence electrons. The highest BCUT2D eigenvalue weighted by molar-refractivity contribution is 6.69. The van der Waals surface area contributed by atoms with Crippen molar-refractivity contribution in [3.05, 3.63) is 12.3 Å². The smallest absolute Gasteiger partial charge is 0.228 e. The fourth-order valence-corrected chi connectivity index (χ4v) is 3.45. The summed E-state index contributed by atoms with van der Waals surface area (Å²) in [6.45, 7) is 14.1. The summed E-state index contributed by atoms with van der Waals surface area (Å²) in [7, 11) is -0.155. The summed E-state index contributed by atoms with van der Waals surface area (Å²) in [6, 6.07) is 0. The second-order valence-electron chi connectivity index (χ2n) is 6.40. The summed E-state index contributed by atoms with van der Waals surface area (Å²) < 4.78 is 29.0. The minimum atomic E-state index is -1.74. The van der Waals surface area contributed by atoms with Crippen molar-refractivity contribution in [2.75, 3.05) is 7.11 Å². The fourth-order valence-electron chi connectivity index (χ4n) is 2.42. The molecule has 0 spiro atoms. The molecular formula is C13H24O5Si. The molecule has 19 heavy (non-hydrogen) atoms. The fraction of sp³-hybridized carbons (Fsp3) is 0.846. The first-order valence-corrected chi connectivity index (χ1v) is 9.95. The molecule has 2 saturated heterocycles. The number of rotatable bonds is 3. The van der Waals surface area contributed by atoms with Gasteiger partial charge in [0.1, 0.15) is 18.0 Å². The molecule has 0 aromatic rings. The van der Waals surface area contributed by atoms with Crippen LogP contribution in [0.4, 0.5) is 0 Å². The Morgan fingerprint density at radius 1 is 1.16 bits per heavy atom. The maximum atomic E-state index is 6.14. The first-order valence-electron chi connectivity index (χ1n) is 6.55. The normalized spacial score (nSPS) is 37.9. The van der Waals surface area contributed by atoms with Crippen molar-refractivity contribution in [3.8, 4) is 0 Å². The Bertz CT molecular complexity index is 363. The highest BCUT2D eigenvalue weighted by Gasteiger charge is 2.55. The molecule has 0 amide bonds. The molecule has 0 aliphatic carbocycles. The maximum absolute atomic E-state index is 6.14. The van der Waals surface area contributed by atoms with Crippen molar-refractivity contribution in [1.29, 1.82) is 0 Å². The van der Waals surface area contributed by atoms with E-state index in [4.69, 9.17) is 23.4 Å². The number of ether oxygens (including phenoxy) is 4. The van der Waals surface area contributed by atoms with Gasteiger partial charge in [0.2, 0.25) is 6.29 Å². The van der Waals surface area contributed by atoms with Gasteiger partial charge in [-0.05, 0) is 33.5 Å². The molecule has 2 rings (SSSR count). The minimum absolute atomic E-state index is 0.243. The van der Waals surface area contributed by atoms with E-state index in [-0.39, 0.29) is 18.3 Å². The van der Waals surface area contributed by atoms with Crippen LogP contribution < -0.4 is 0 Å². The summed E-state index contributed by atoms with van der Waals surface area (Å²) in [5, 5.41) is 0. The molecule has 5 nitrogen and oxygen atoms in total. The molecular weight excluding hydrogens is 264 g/mol. The highest BCUT2D eigenvalue weighted by atomic mass is 28.4. The van der Waals surface area contributed by atoms with Crippen molar-refractivity contribution >= 4 is 8.32 Å². The monoisotopic (exact) mass is 288 g/mol. The first-order chi connectivity index (χ1) is 8.63. The van der Waals surface area contributed by atoms with Crippen molar-refractivity contribution in [1.82, 2.24) is 0 Å². The number of fused-ring (bicyclic) bond motifs is 1. The third kappa shape index (κ3) is 3.20. The van der Waals surface area contributed by atoms with Gasteiger partial charge in [-0.3, -0.25) is 0 Å². The molecule has 2 heterocycles. The molecule has 2 aliphatic heterocycles. The van der Waals surface area contributed by atoms with Gasteiger partial charge in [0.15, 0.2) is 20.2 Å². The zero-order chi connectivity index (χ0) is 14.4. The van der Waals surface area contributed by atoms with Crippen molar-refractivity contribution < 1.29 is 23.4 Å². The van der Waals surface area contributed by atoms with E-state index in [1.807, 2.05) is 13.8 Å². The predicted octanol–water partition coefficient (Wildman–Crippen LogP) is 2.24. The van der Waals surface area contributed by atoms with Crippen LogP contribution in [-0.4, -0.2) is 45.8 Å². The predicted molar refractivity (Wildman–Crippen MR) is 73.1 cm³/mol. The average Bonchev–Trinajstić information content (AvgIpc) is 2.56. The molecule has 0 unspecified atom stereocenters. The summed E-state index contributed by atoms with van der Waals surface area (Å²) >= 11 is 0. The van der Waals surface area contributed by atoms with Gasteiger partial charge in [-0.2, -0.15) is 0 Å². The molecule has 0 saturated carbocycles. The Morgan fingerprint density at radius 3 is 2.26 bits per heavy atom. The first kappa shape index (κ1) is 15.0. The van der Waals surface area contributed by atoms with Gasteiger partial charge in [-0.25, -0.2) is 0 Å². The van der Waals surface area contributed by atoms with E-state index in [2.05, 4.69) is 26.2 Å². The van der Waals surface area contributed by atoms with Crippen molar-refractivity contribution in [2.45, 2.75) is 63.9 Å². The number of hydrogen-bond donors (Lipinski definition) is 0. The lowest BCUT2D eigenvalue weighted by Crippen LogP contribution is -2.53. The van der Waals surface area contributed by atoms with Crippen LogP contribution in [0.15, 0.2) is 12.3 Å². The lowest BCUT2D eigenvalue weighted by Gasteiger charge is -2.40. The van der Waals surface area contributed by atoms with Crippen LogP contribution in [-0.2, 0) is 23.4 Å². The van der Waals surface area contributed by atoms with E-state index in [9.17, 15) is 0 Å².